The molecular weight excluding hydrogens is 438 g/mol. The average molecular weight is 464 g/mol. The zero-order valence-electron chi connectivity index (χ0n) is 18.7. The highest BCUT2D eigenvalue weighted by atomic mass is 32.1. The molecule has 5 rings (SSSR count). The molecule has 0 saturated carbocycles. The summed E-state index contributed by atoms with van der Waals surface area (Å²) in [6, 6.07) is 13.3. The minimum absolute atomic E-state index is 0.0202. The molecule has 7 nitrogen and oxygen atoms in total. The van der Waals surface area contributed by atoms with Crippen LogP contribution in [0.3, 0.4) is 0 Å². The van der Waals surface area contributed by atoms with Crippen LogP contribution in [0.2, 0.25) is 0 Å². The molecule has 1 unspecified atom stereocenters. The van der Waals surface area contributed by atoms with E-state index < -0.39 is 11.6 Å². The van der Waals surface area contributed by atoms with Crippen LogP contribution in [0, 0.1) is 0 Å². The highest BCUT2D eigenvalue weighted by molar-refractivity contribution is 7.23. The summed E-state index contributed by atoms with van der Waals surface area (Å²) in [7, 11) is 0. The lowest BCUT2D eigenvalue weighted by atomic mass is 10.0. The number of hydrogen-bond acceptors (Lipinski definition) is 5. The van der Waals surface area contributed by atoms with Crippen molar-refractivity contribution >= 4 is 38.6 Å². The van der Waals surface area contributed by atoms with Crippen LogP contribution in [0.4, 0.5) is 4.79 Å². The molecule has 0 bridgehead atoms. The number of rotatable bonds is 3. The molecule has 170 valence electrons. The first-order chi connectivity index (χ1) is 15.7. The maximum Gasteiger partial charge on any atom is 0.410 e. The molecule has 0 aliphatic carbocycles. The second-order valence-electron chi connectivity index (χ2n) is 9.32. The van der Waals surface area contributed by atoms with Gasteiger partial charge in [-0.05, 0) is 57.4 Å². The Bertz CT molecular complexity index is 1360. The standard InChI is InChI=1S/C25H25N3O4S/c1-25(2,3)32-24(31)27-12-4-5-19(27)16-8-6-15(7-9-16)18-14-28-20-11-10-17(22(29)30)13-21(20)33-23(28)26-18/h6-11,13-14,19H,4-5,12H2,1-3H3,(H,29,30). The second kappa shape index (κ2) is 7.88. The number of thiazole rings is 1. The molecule has 1 fully saturated rings. The van der Waals surface area contributed by atoms with E-state index in [1.165, 1.54) is 11.3 Å². The molecule has 1 saturated heterocycles. The Kier molecular flexibility index (Phi) is 5.12. The third-order valence-corrected chi connectivity index (χ3v) is 6.83. The van der Waals surface area contributed by atoms with Crippen molar-refractivity contribution in [1.29, 1.82) is 0 Å². The third-order valence-electron chi connectivity index (χ3n) is 5.81. The van der Waals surface area contributed by atoms with Crippen LogP contribution in [-0.4, -0.2) is 43.6 Å². The largest absolute Gasteiger partial charge is 0.478 e. The molecule has 3 heterocycles. The molecule has 1 amide bonds. The number of benzene rings is 2. The van der Waals surface area contributed by atoms with Crippen molar-refractivity contribution in [3.63, 3.8) is 0 Å². The van der Waals surface area contributed by atoms with Gasteiger partial charge < -0.3 is 14.7 Å². The fourth-order valence-electron chi connectivity index (χ4n) is 4.30. The number of carboxylic acid groups (broad SMARTS) is 1. The van der Waals surface area contributed by atoms with E-state index in [1.807, 2.05) is 54.5 Å². The Morgan fingerprint density at radius 3 is 2.61 bits per heavy atom. The maximum atomic E-state index is 12.6. The van der Waals surface area contributed by atoms with Gasteiger partial charge in [0.05, 0.1) is 27.5 Å². The quantitative estimate of drug-likeness (QED) is 0.404. The number of carboxylic acids is 1. The van der Waals surface area contributed by atoms with Crippen LogP contribution >= 0.6 is 11.3 Å². The summed E-state index contributed by atoms with van der Waals surface area (Å²) >= 11 is 1.47. The topological polar surface area (TPSA) is 84.1 Å². The van der Waals surface area contributed by atoms with E-state index in [-0.39, 0.29) is 17.7 Å². The van der Waals surface area contributed by atoms with Crippen molar-refractivity contribution in [3.05, 3.63) is 59.8 Å². The summed E-state index contributed by atoms with van der Waals surface area (Å²) in [4.78, 5) is 31.3. The predicted octanol–water partition coefficient (Wildman–Crippen LogP) is 5.99. The fourth-order valence-corrected chi connectivity index (χ4v) is 5.35. The molecule has 1 aliphatic heterocycles. The van der Waals surface area contributed by atoms with E-state index in [0.717, 1.165) is 44.8 Å². The maximum absolute atomic E-state index is 12.6. The smallest absolute Gasteiger partial charge is 0.410 e. The van der Waals surface area contributed by atoms with E-state index in [4.69, 9.17) is 9.72 Å². The second-order valence-corrected chi connectivity index (χ2v) is 10.3. The number of imidazole rings is 1. The summed E-state index contributed by atoms with van der Waals surface area (Å²) < 4.78 is 8.48. The zero-order valence-corrected chi connectivity index (χ0v) is 19.6. The number of nitrogens with zero attached hydrogens (tertiary/aromatic N) is 3. The number of aromatic carboxylic acids is 1. The monoisotopic (exact) mass is 463 g/mol. The molecule has 0 radical (unpaired) electrons. The molecule has 33 heavy (non-hydrogen) atoms. The normalized spacial score (nSPS) is 16.6. The van der Waals surface area contributed by atoms with E-state index in [0.29, 0.717) is 6.54 Å². The zero-order chi connectivity index (χ0) is 23.3. The lowest BCUT2D eigenvalue weighted by Crippen LogP contribution is -2.36. The average Bonchev–Trinajstić information content (AvgIpc) is 3.46. The number of fused-ring (bicyclic) bond motifs is 3. The summed E-state index contributed by atoms with van der Waals surface area (Å²) in [5.74, 6) is -0.934. The number of ether oxygens (including phenoxy) is 1. The van der Waals surface area contributed by atoms with Crippen molar-refractivity contribution in [2.24, 2.45) is 0 Å². The van der Waals surface area contributed by atoms with Crippen molar-refractivity contribution < 1.29 is 19.4 Å². The van der Waals surface area contributed by atoms with E-state index in [2.05, 4.69) is 12.1 Å². The molecule has 1 aliphatic rings. The molecule has 2 aromatic heterocycles. The number of hydrogen-bond donors (Lipinski definition) is 1. The lowest BCUT2D eigenvalue weighted by molar-refractivity contribution is 0.0224. The molecule has 2 aromatic carbocycles. The van der Waals surface area contributed by atoms with E-state index in [9.17, 15) is 14.7 Å². The van der Waals surface area contributed by atoms with Crippen LogP contribution < -0.4 is 0 Å². The SMILES string of the molecule is CC(C)(C)OC(=O)N1CCCC1c1ccc(-c2cn3c(n2)sc2cc(C(=O)O)ccc23)cc1. The molecule has 1 N–H and O–H groups in total. The summed E-state index contributed by atoms with van der Waals surface area (Å²) in [6.07, 6.45) is 3.59. The van der Waals surface area contributed by atoms with Crippen LogP contribution in [0.25, 0.3) is 26.4 Å². The Balaban J connectivity index is 1.40. The van der Waals surface area contributed by atoms with Crippen LogP contribution in [0.15, 0.2) is 48.7 Å². The van der Waals surface area contributed by atoms with E-state index >= 15 is 0 Å². The van der Waals surface area contributed by atoms with Crippen LogP contribution in [0.1, 0.15) is 55.6 Å². The van der Waals surface area contributed by atoms with Gasteiger partial charge in [0.15, 0.2) is 4.96 Å². The van der Waals surface area contributed by atoms with Gasteiger partial charge >= 0.3 is 12.1 Å². The van der Waals surface area contributed by atoms with Gasteiger partial charge in [-0.25, -0.2) is 14.6 Å². The summed E-state index contributed by atoms with van der Waals surface area (Å²) in [6.45, 7) is 6.35. The van der Waals surface area contributed by atoms with Crippen molar-refractivity contribution in [1.82, 2.24) is 14.3 Å². The number of likely N-dealkylation sites (tertiary alicyclic amines) is 1. The van der Waals surface area contributed by atoms with Gasteiger partial charge in [-0.15, -0.1) is 0 Å². The van der Waals surface area contributed by atoms with Crippen molar-refractivity contribution in [2.45, 2.75) is 45.3 Å². The van der Waals surface area contributed by atoms with Crippen molar-refractivity contribution in [3.8, 4) is 11.3 Å². The van der Waals surface area contributed by atoms with E-state index in [1.54, 1.807) is 12.1 Å². The van der Waals surface area contributed by atoms with Crippen LogP contribution in [-0.2, 0) is 4.74 Å². The van der Waals surface area contributed by atoms with Gasteiger partial charge in [0.1, 0.15) is 5.60 Å². The fraction of sp³-hybridized carbons (Fsp3) is 0.320. The first-order valence-electron chi connectivity index (χ1n) is 10.9. The molecule has 1 atom stereocenters. The number of carbonyl (C=O) groups is 2. The Morgan fingerprint density at radius 1 is 1.15 bits per heavy atom. The van der Waals surface area contributed by atoms with Gasteiger partial charge in [0.25, 0.3) is 0 Å². The van der Waals surface area contributed by atoms with Gasteiger partial charge in [0, 0.05) is 18.3 Å². The first-order valence-corrected chi connectivity index (χ1v) is 11.8. The highest BCUT2D eigenvalue weighted by Crippen LogP contribution is 2.35. The summed E-state index contributed by atoms with van der Waals surface area (Å²) in [5.41, 5.74) is 3.64. The first kappa shape index (κ1) is 21.5. The molecular formula is C25H25N3O4S. The molecule has 0 spiro atoms. The van der Waals surface area contributed by atoms with Crippen LogP contribution in [0.5, 0.6) is 0 Å². The van der Waals surface area contributed by atoms with Gasteiger partial charge in [-0.1, -0.05) is 35.6 Å². The highest BCUT2D eigenvalue weighted by Gasteiger charge is 2.33. The minimum Gasteiger partial charge on any atom is -0.478 e. The number of carbonyl (C=O) groups excluding carboxylic acids is 1. The Labute approximate surface area is 195 Å². The van der Waals surface area contributed by atoms with Crippen molar-refractivity contribution in [2.75, 3.05) is 6.54 Å². The van der Waals surface area contributed by atoms with Gasteiger partial charge in [-0.2, -0.15) is 0 Å². The Hall–Kier alpha value is -3.39. The molecule has 4 aromatic rings. The predicted molar refractivity (Wildman–Crippen MR) is 128 cm³/mol. The van der Waals surface area contributed by atoms with Gasteiger partial charge in [0.2, 0.25) is 0 Å². The summed E-state index contributed by atoms with van der Waals surface area (Å²) in [5, 5.41) is 9.21. The lowest BCUT2D eigenvalue weighted by Gasteiger charge is -2.28. The minimum atomic E-state index is -0.934. The third kappa shape index (κ3) is 4.06. The number of aromatic nitrogens is 2. The number of amides is 1. The van der Waals surface area contributed by atoms with Gasteiger partial charge in [-0.3, -0.25) is 4.40 Å². The Morgan fingerprint density at radius 2 is 1.91 bits per heavy atom. The molecule has 8 heteroatoms.